The van der Waals surface area contributed by atoms with Crippen molar-refractivity contribution in [3.05, 3.63) is 23.7 Å². The van der Waals surface area contributed by atoms with Crippen LogP contribution in [0.4, 0.5) is 0 Å². The number of Topliss-reactive ketones (excluding diaryl/α,β-unsaturated/α-hetero) is 2. The maximum absolute atomic E-state index is 11.0. The van der Waals surface area contributed by atoms with E-state index in [9.17, 15) is 9.59 Å². The van der Waals surface area contributed by atoms with E-state index in [2.05, 4.69) is 4.85 Å². The van der Waals surface area contributed by atoms with E-state index in [0.717, 1.165) is 0 Å². The summed E-state index contributed by atoms with van der Waals surface area (Å²) in [7, 11) is 0. The molecule has 0 radical (unpaired) electrons. The van der Waals surface area contributed by atoms with Crippen LogP contribution in [0, 0.1) is 19.1 Å². The molecule has 0 spiro atoms. The summed E-state index contributed by atoms with van der Waals surface area (Å²) in [4.78, 5) is 24.6. The van der Waals surface area contributed by atoms with Gasteiger partial charge in [0, 0.05) is 11.7 Å². The Morgan fingerprint density at radius 3 is 2.07 bits per heavy atom. The third-order valence-electron chi connectivity index (χ3n) is 1.38. The van der Waals surface area contributed by atoms with Crippen LogP contribution in [0.3, 0.4) is 0 Å². The zero-order chi connectivity index (χ0) is 9.72. The van der Waals surface area contributed by atoms with Gasteiger partial charge in [-0.15, -0.1) is 0 Å². The van der Waals surface area contributed by atoms with Crippen molar-refractivity contribution in [1.82, 2.24) is 0 Å². The summed E-state index contributed by atoms with van der Waals surface area (Å²) in [5.41, 5.74) is -0.413. The normalized spacial score (nSPS) is 7.86. The number of allylic oxidation sites excluding steroid dienone is 1. The van der Waals surface area contributed by atoms with Gasteiger partial charge in [-0.25, -0.2) is 0 Å². The van der Waals surface area contributed by atoms with Crippen molar-refractivity contribution in [2.75, 3.05) is 0 Å². The van der Waals surface area contributed by atoms with Crippen LogP contribution in [0.25, 0.3) is 4.85 Å². The Hall–Kier alpha value is 1.84. The van der Waals surface area contributed by atoms with Gasteiger partial charge in [0.25, 0.3) is 0 Å². The van der Waals surface area contributed by atoms with Crippen LogP contribution in [0.1, 0.15) is 20.3 Å². The van der Waals surface area contributed by atoms with E-state index >= 15 is 0 Å². The Balaban J connectivity index is -0.000000605. The molecule has 0 bridgehead atoms. The molecule has 0 atom stereocenters. The molecule has 0 saturated carbocycles. The van der Waals surface area contributed by atoms with Gasteiger partial charge in [-0.3, -0.25) is 11.4 Å². The third-order valence-corrected chi connectivity index (χ3v) is 1.38. The maximum Gasteiger partial charge on any atom is 1.00 e. The number of nitrogens with zero attached hydrogens (tertiary/aromatic N) is 1. The number of rotatable bonds is 4. The van der Waals surface area contributed by atoms with Gasteiger partial charge in [-0.1, -0.05) is 13.8 Å². The second-order valence-corrected chi connectivity index (χ2v) is 2.72. The van der Waals surface area contributed by atoms with Gasteiger partial charge in [0.2, 0.25) is 0 Å². The largest absolute Gasteiger partial charge is 1.00 e. The molecule has 0 aromatic rings. The molecule has 0 unspecified atom stereocenters. The van der Waals surface area contributed by atoms with E-state index in [1.165, 1.54) is 0 Å². The summed E-state index contributed by atoms with van der Waals surface area (Å²) in [6.07, 6.45) is -0.258. The Morgan fingerprint density at radius 2 is 1.79 bits per heavy atom. The van der Waals surface area contributed by atoms with Crippen molar-refractivity contribution in [1.29, 1.82) is 0 Å². The first-order valence-electron chi connectivity index (χ1n) is 3.54. The maximum atomic E-state index is 11.0. The van der Waals surface area contributed by atoms with Crippen LogP contribution in [-0.4, -0.2) is 11.6 Å². The minimum atomic E-state index is -0.580. The molecule has 0 aliphatic heterocycles. The molecule has 3 nitrogen and oxygen atoms in total. The molecule has 0 aliphatic carbocycles. The summed E-state index contributed by atoms with van der Waals surface area (Å²) in [6, 6.07) is 0. The molecular formula is C9H10K2NO2+. The summed E-state index contributed by atoms with van der Waals surface area (Å²) >= 11 is 0. The zero-order valence-corrected chi connectivity index (χ0v) is 15.4. The van der Waals surface area contributed by atoms with Gasteiger partial charge < -0.3 is 9.59 Å². The molecule has 0 aromatic carbocycles. The first kappa shape index (κ1) is 21.2. The summed E-state index contributed by atoms with van der Waals surface area (Å²) in [5.74, 6) is -0.956. The Bertz CT molecular complexity index is 266. The van der Waals surface area contributed by atoms with Crippen molar-refractivity contribution in [2.45, 2.75) is 20.3 Å². The monoisotopic (exact) mass is 242 g/mol. The molecule has 5 heteroatoms. The average molecular weight is 242 g/mol. The van der Waals surface area contributed by atoms with Crippen LogP contribution < -0.4 is 103 Å². The third kappa shape index (κ3) is 9.10. The van der Waals surface area contributed by atoms with Crippen molar-refractivity contribution in [2.24, 2.45) is 5.92 Å². The van der Waals surface area contributed by atoms with E-state index in [-0.39, 0.29) is 121 Å². The second-order valence-electron chi connectivity index (χ2n) is 2.72. The zero-order valence-electron chi connectivity index (χ0n) is 9.13. The smallest absolute Gasteiger partial charge is 0.419 e. The standard InChI is InChI=1S/C9H10NO2.2K/c1-6(2)8(11)5-9(12)7(3)10-4;;/h3,6H,5H2,1-2H3;;/q-1;2*+1. The fourth-order valence-electron chi connectivity index (χ4n) is 0.515. The minimum Gasteiger partial charge on any atom is -0.419 e. The minimum absolute atomic E-state index is 0. The Morgan fingerprint density at radius 1 is 1.36 bits per heavy atom. The van der Waals surface area contributed by atoms with Crippen LogP contribution >= 0.6 is 0 Å². The molecule has 64 valence electrons. The number of carbonyl (C=O) groups excluding carboxylic acids is 2. The van der Waals surface area contributed by atoms with Gasteiger partial charge in [0.05, 0.1) is 12.3 Å². The fourth-order valence-corrected chi connectivity index (χ4v) is 0.515. The van der Waals surface area contributed by atoms with Crippen LogP contribution in [0.15, 0.2) is 5.70 Å². The molecule has 0 N–H and O–H groups in total. The molecule has 0 saturated heterocycles. The predicted octanol–water partition coefficient (Wildman–Crippen LogP) is -4.59. The van der Waals surface area contributed by atoms with Gasteiger partial charge >= 0.3 is 103 Å². The molecule has 0 aromatic heterocycles. The molecule has 0 fully saturated rings. The van der Waals surface area contributed by atoms with Crippen molar-refractivity contribution in [3.8, 4) is 0 Å². The second kappa shape index (κ2) is 11.3. The number of carbonyl (C=O) groups is 2. The topological polar surface area (TPSA) is 38.5 Å². The number of hydrogen-bond acceptors (Lipinski definition) is 2. The molecule has 0 heterocycles. The number of ketones is 2. The van der Waals surface area contributed by atoms with E-state index in [4.69, 9.17) is 13.2 Å². The van der Waals surface area contributed by atoms with Gasteiger partial charge in [0.15, 0.2) is 0 Å². The average Bonchev–Trinajstić information content (AvgIpc) is 2.02. The molecule has 0 aliphatic rings. The molecular weight excluding hydrogens is 232 g/mol. The van der Waals surface area contributed by atoms with Gasteiger partial charge in [-0.05, 0) is 6.42 Å². The quantitative estimate of drug-likeness (QED) is 0.215. The first-order chi connectivity index (χ1) is 5.49. The molecule has 0 rings (SSSR count). The summed E-state index contributed by atoms with van der Waals surface area (Å²) in [6.45, 7) is 14.8. The van der Waals surface area contributed by atoms with Crippen molar-refractivity contribution < 1.29 is 112 Å². The van der Waals surface area contributed by atoms with E-state index in [0.29, 0.717) is 0 Å². The summed E-state index contributed by atoms with van der Waals surface area (Å²) < 4.78 is 0. The predicted molar refractivity (Wildman–Crippen MR) is 43.9 cm³/mol. The van der Waals surface area contributed by atoms with E-state index < -0.39 is 11.5 Å². The molecule has 14 heavy (non-hydrogen) atoms. The molecule has 0 amide bonds. The SMILES string of the molecule is [C-]#[N+]C(=[CH-])C(=O)CC(=O)C(C)C.[K+].[K+]. The van der Waals surface area contributed by atoms with Crippen molar-refractivity contribution >= 4 is 11.6 Å². The van der Waals surface area contributed by atoms with Gasteiger partial charge in [-0.2, -0.15) is 0 Å². The fraction of sp³-hybridized carbons (Fsp3) is 0.444. The van der Waals surface area contributed by atoms with Crippen molar-refractivity contribution in [3.63, 3.8) is 0 Å². The van der Waals surface area contributed by atoms with Crippen LogP contribution in [0.5, 0.6) is 0 Å². The van der Waals surface area contributed by atoms with Crippen LogP contribution in [-0.2, 0) is 9.59 Å². The summed E-state index contributed by atoms with van der Waals surface area (Å²) in [5, 5.41) is 0. The van der Waals surface area contributed by atoms with Crippen LogP contribution in [0.2, 0.25) is 0 Å². The Kier molecular flexibility index (Phi) is 17.1. The van der Waals surface area contributed by atoms with E-state index in [1.54, 1.807) is 13.8 Å². The Labute approximate surface area is 170 Å². The van der Waals surface area contributed by atoms with E-state index in [1.807, 2.05) is 0 Å². The number of hydrogen-bond donors (Lipinski definition) is 0. The first-order valence-corrected chi connectivity index (χ1v) is 3.54. The van der Waals surface area contributed by atoms with Gasteiger partial charge in [0.1, 0.15) is 5.78 Å².